The second-order valence-electron chi connectivity index (χ2n) is 31.6. The molecular formula is C76H128N18O20S2. The van der Waals surface area contributed by atoms with Crippen molar-refractivity contribution in [3.8, 4) is 0 Å². The largest absolute Gasteiger partial charge is 0.394 e. The maximum Gasteiger partial charge on any atom is 0.246 e. The van der Waals surface area contributed by atoms with Crippen LogP contribution in [0.3, 0.4) is 0 Å². The van der Waals surface area contributed by atoms with E-state index >= 15 is 19.2 Å². The van der Waals surface area contributed by atoms with Gasteiger partial charge in [-0.05, 0) is 141 Å². The number of rotatable bonds is 20. The molecule has 38 nitrogen and oxygen atoms in total. The van der Waals surface area contributed by atoms with E-state index in [1.165, 1.54) is 19.6 Å². The van der Waals surface area contributed by atoms with E-state index in [0.717, 1.165) is 35.4 Å². The van der Waals surface area contributed by atoms with Crippen molar-refractivity contribution in [1.29, 1.82) is 0 Å². The lowest BCUT2D eigenvalue weighted by Gasteiger charge is -2.35. The van der Waals surface area contributed by atoms with Crippen LogP contribution in [0.4, 0.5) is 0 Å². The first-order valence-electron chi connectivity index (χ1n) is 41.3. The summed E-state index contributed by atoms with van der Waals surface area (Å²) in [6.45, 7) is 14.4. The molecule has 6 aliphatic rings. The van der Waals surface area contributed by atoms with Gasteiger partial charge in [0.25, 0.3) is 0 Å². The zero-order valence-corrected chi connectivity index (χ0v) is 70.2. The van der Waals surface area contributed by atoms with Gasteiger partial charge in [0.05, 0.1) is 25.4 Å². The van der Waals surface area contributed by atoms with Gasteiger partial charge >= 0.3 is 0 Å². The van der Waals surface area contributed by atoms with E-state index in [2.05, 4.69) is 63.8 Å². The average molecular weight is 1680 g/mol. The Kier molecular flexibility index (Phi) is 39.2. The van der Waals surface area contributed by atoms with E-state index < -0.39 is 252 Å². The number of nitrogens with one attached hydrogen (secondary N) is 12. The molecule has 0 radical (unpaired) electrons. The molecule has 6 heterocycles. The molecule has 116 heavy (non-hydrogen) atoms. The maximum atomic E-state index is 15.2. The zero-order valence-electron chi connectivity index (χ0n) is 68.6. The number of aliphatic hydroxyl groups excluding tert-OH is 4. The lowest BCUT2D eigenvalue weighted by atomic mass is 9.96. The summed E-state index contributed by atoms with van der Waals surface area (Å²) in [5.41, 5.74) is 11.7. The van der Waals surface area contributed by atoms with E-state index in [9.17, 15) is 78.0 Å². The summed E-state index contributed by atoms with van der Waals surface area (Å²) in [4.78, 5) is 243. The monoisotopic (exact) mass is 1680 g/mol. The third-order valence-electron chi connectivity index (χ3n) is 23.2. The molecule has 40 heteroatoms. The van der Waals surface area contributed by atoms with Gasteiger partial charge in [-0.2, -0.15) is 0 Å². The maximum absolute atomic E-state index is 15.2. The molecular weight excluding hydrogens is 1550 g/mol. The van der Waals surface area contributed by atoms with Crippen molar-refractivity contribution in [2.24, 2.45) is 35.1 Å². The highest BCUT2D eigenvalue weighted by Gasteiger charge is 2.49. The Morgan fingerprint density at radius 2 is 0.595 bits per heavy atom. The van der Waals surface area contributed by atoms with Gasteiger partial charge in [0.15, 0.2) is 0 Å². The summed E-state index contributed by atoms with van der Waals surface area (Å²) in [7, 11) is 1.62. The fraction of sp³-hybridized carbons (Fsp3) is 0.789. The Balaban J connectivity index is 1.52. The number of nitrogens with two attached hydrogens (primary N) is 2. The number of carbonyl (C=O) groups is 16. The molecule has 0 aromatic heterocycles. The summed E-state index contributed by atoms with van der Waals surface area (Å²) in [5, 5.41) is 75.7. The molecule has 0 aliphatic carbocycles. The number of nitrogens with zero attached hydrogens (tertiary/aromatic N) is 4. The van der Waals surface area contributed by atoms with Gasteiger partial charge in [0, 0.05) is 37.7 Å². The topological polar surface area (TPSA) is 563 Å². The second kappa shape index (κ2) is 46.9. The SMILES string of the molecule is CC[C@H](C)C1NC(=O)[C@@H]2CCCN2C(=O)[C@@H]2CCCN2C(=O)[C@H]([C@@H](C)CC)NC(=O)[C@H](CO)NC(=O)[C@H](CCCCN)NC(=O)[C@H]([C@@H](C)O)NC(=O)[C@@H]2CSSC[C@H](NC1=O)C(=O)N[C@@H]([C@@H](C)O)C(=O)N[C@@H](CCCCN)C(=O)N[C@@H](CO)C(=O)N[C@@H]([C@@H](C)CC)C(=O)N1CCC[C@H]1C(=O)N1CCC[C@H]1C(=O)N[C@@H]([C@@H](C)CC)C(=O)N2. The highest BCUT2D eigenvalue weighted by atomic mass is 33.1. The summed E-state index contributed by atoms with van der Waals surface area (Å²) < 4.78 is 0. The van der Waals surface area contributed by atoms with E-state index in [-0.39, 0.29) is 103 Å². The molecule has 6 rings (SSSR count). The Labute approximate surface area is 686 Å². The third kappa shape index (κ3) is 25.7. The van der Waals surface area contributed by atoms with Gasteiger partial charge in [-0.25, -0.2) is 0 Å². The normalized spacial score (nSPS) is 31.0. The van der Waals surface area contributed by atoms with Crippen LogP contribution < -0.4 is 75.3 Å². The molecule has 1 unspecified atom stereocenters. The Morgan fingerprint density at radius 3 is 0.897 bits per heavy atom. The van der Waals surface area contributed by atoms with Crippen LogP contribution in [0.5, 0.6) is 0 Å². The van der Waals surface area contributed by atoms with Crippen LogP contribution in [0.1, 0.15) is 185 Å². The minimum atomic E-state index is -1.94. The highest BCUT2D eigenvalue weighted by Crippen LogP contribution is 2.31. The van der Waals surface area contributed by atoms with Crippen molar-refractivity contribution in [2.45, 2.75) is 294 Å². The molecule has 0 saturated carbocycles. The molecule has 6 fully saturated rings. The molecule has 0 aromatic rings. The predicted octanol–water partition coefficient (Wildman–Crippen LogP) is -4.63. The Bertz CT molecular complexity index is 3220. The molecule has 16 amide bonds. The number of hydrogen-bond acceptors (Lipinski definition) is 24. The number of fused-ring (bicyclic) bond motifs is 9. The lowest BCUT2D eigenvalue weighted by Crippen LogP contribution is -2.63. The molecule has 0 aromatic carbocycles. The number of amides is 16. The van der Waals surface area contributed by atoms with Gasteiger partial charge in [0.2, 0.25) is 94.5 Å². The summed E-state index contributed by atoms with van der Waals surface area (Å²) >= 11 is 0. The lowest BCUT2D eigenvalue weighted by molar-refractivity contribution is -0.149. The van der Waals surface area contributed by atoms with Crippen molar-refractivity contribution >= 4 is 116 Å². The number of hydrogen-bond donors (Lipinski definition) is 18. The van der Waals surface area contributed by atoms with E-state index in [1.807, 2.05) is 0 Å². The van der Waals surface area contributed by atoms with Crippen LogP contribution in [0.15, 0.2) is 0 Å². The van der Waals surface area contributed by atoms with Gasteiger partial charge in [-0.1, -0.05) is 103 Å². The predicted molar refractivity (Wildman–Crippen MR) is 428 cm³/mol. The molecule has 22 atom stereocenters. The van der Waals surface area contributed by atoms with Crippen LogP contribution in [-0.2, 0) is 76.7 Å². The minimum absolute atomic E-state index is 0.0616. The van der Waals surface area contributed by atoms with Crippen molar-refractivity contribution in [2.75, 3.05) is 64.0 Å². The second-order valence-corrected chi connectivity index (χ2v) is 34.1. The van der Waals surface area contributed by atoms with E-state index in [4.69, 9.17) is 11.5 Å². The first kappa shape index (κ1) is 96.8. The molecule has 20 N–H and O–H groups in total. The van der Waals surface area contributed by atoms with Crippen molar-refractivity contribution < 1.29 is 97.1 Å². The van der Waals surface area contributed by atoms with Crippen LogP contribution >= 0.6 is 21.6 Å². The van der Waals surface area contributed by atoms with Crippen LogP contribution in [0.2, 0.25) is 0 Å². The third-order valence-corrected chi connectivity index (χ3v) is 25.6. The first-order chi connectivity index (χ1) is 55.2. The number of unbranched alkanes of at least 4 members (excludes halogenated alkanes) is 2. The van der Waals surface area contributed by atoms with Crippen LogP contribution in [0.25, 0.3) is 0 Å². The van der Waals surface area contributed by atoms with Gasteiger partial charge < -0.3 is 115 Å². The molecule has 0 spiro atoms. The van der Waals surface area contributed by atoms with Gasteiger partial charge in [-0.15, -0.1) is 0 Å². The summed E-state index contributed by atoms with van der Waals surface area (Å²) in [6.07, 6.45) is 0.151. The molecule has 2 bridgehead atoms. The fourth-order valence-corrected chi connectivity index (χ4v) is 17.4. The minimum Gasteiger partial charge on any atom is -0.394 e. The summed E-state index contributed by atoms with van der Waals surface area (Å²) in [6, 6.07) is -24.3. The Morgan fingerprint density at radius 1 is 0.328 bits per heavy atom. The highest BCUT2D eigenvalue weighted by molar-refractivity contribution is 8.76. The van der Waals surface area contributed by atoms with E-state index in [0.29, 0.717) is 51.4 Å². The van der Waals surface area contributed by atoms with Gasteiger partial charge in [0.1, 0.15) is 96.7 Å². The summed E-state index contributed by atoms with van der Waals surface area (Å²) in [5.74, 6) is -18.3. The zero-order chi connectivity index (χ0) is 85.9. The standard InChI is InChI=1S/C76H128N18O20S2/c1-11-39(5)55-69(107)83-49-37-115-116-38-50(66(104)90-60(44(10)98)72(110)80-46(24-16-18-30-78)62(100)82-47(35-95)63(101)87-57(41(7)13-3)75(113)93-33-21-27-53(93)73(111)91-31-19-25-51(91)67(105)85-55)84-70(108)56(40(6)12-2)86-68(106)52-26-20-32-92(52)74(112)54-28-22-34-94(54)76(114)58(42(8)14-4)88-64(102)48(36-96)81-61(99)45(23-15-17-29-77)79-71(109)59(43(9)97)89-65(49)103/h39-60,95-98H,11-38,77-78H2,1-10H3,(H,79,109)(H,80,110)(H,81,99)(H,82,100)(H,83,107)(H,84,108)(H,85,105)(H,86,106)(H,87,101)(H,88,102)(H,89,103)(H,90,104)/t39-,40-,41-,42-,43+,44+,45-,46-,47-,48-,49-,50-,51-,52-,53-,54-,55-,56?,57-,58-,59-,60-/m0/s1. The van der Waals surface area contributed by atoms with Crippen molar-refractivity contribution in [1.82, 2.24) is 83.4 Å². The van der Waals surface area contributed by atoms with Crippen LogP contribution in [0, 0.1) is 23.7 Å². The number of carbonyl (C=O) groups excluding carboxylic acids is 16. The molecule has 654 valence electrons. The van der Waals surface area contributed by atoms with E-state index in [1.54, 1.807) is 55.4 Å². The van der Waals surface area contributed by atoms with Crippen molar-refractivity contribution in [3.05, 3.63) is 0 Å². The molecule has 6 aliphatic heterocycles. The molecule has 6 saturated heterocycles. The first-order valence-corrected chi connectivity index (χ1v) is 43.7. The van der Waals surface area contributed by atoms with Gasteiger partial charge in [-0.3, -0.25) is 76.7 Å². The number of aliphatic hydroxyl groups is 4. The van der Waals surface area contributed by atoms with Crippen molar-refractivity contribution in [3.63, 3.8) is 0 Å². The van der Waals surface area contributed by atoms with Crippen LogP contribution in [-0.4, -0.2) is 307 Å². The smallest absolute Gasteiger partial charge is 0.246 e. The average Bonchev–Trinajstić information content (AvgIpc) is 1.63. The fourth-order valence-electron chi connectivity index (χ4n) is 15.1. The Hall–Kier alpha value is -8.02. The quantitative estimate of drug-likeness (QED) is 0.0403.